The molecule has 1 amide bonds. The highest BCUT2D eigenvalue weighted by atomic mass is 19.4. The minimum absolute atomic E-state index is 0.0820. The van der Waals surface area contributed by atoms with Crippen molar-refractivity contribution in [3.8, 4) is 11.1 Å². The third-order valence-corrected chi connectivity index (χ3v) is 6.12. The quantitative estimate of drug-likeness (QED) is 0.199. The normalized spacial score (nSPS) is 11.5. The molecule has 0 aliphatic carbocycles. The van der Waals surface area contributed by atoms with E-state index in [4.69, 9.17) is 5.73 Å². The van der Waals surface area contributed by atoms with E-state index in [9.17, 15) is 26.7 Å². The summed E-state index contributed by atoms with van der Waals surface area (Å²) in [5, 5.41) is 6.01. The maximum Gasteiger partial charge on any atom is 0.417 e. The average Bonchev–Trinajstić information content (AvgIpc) is 3.38. The molecule has 0 fully saturated rings. The lowest BCUT2D eigenvalue weighted by molar-refractivity contribution is -0.137. The number of hydrogen-bond donors (Lipinski definition) is 4. The number of carbonyl (C=O) groups is 1. The van der Waals surface area contributed by atoms with Crippen molar-refractivity contribution in [2.24, 2.45) is 0 Å². The molecule has 0 unspecified atom stereocenters. The summed E-state index contributed by atoms with van der Waals surface area (Å²) in [4.78, 5) is 27.9. The zero-order valence-corrected chi connectivity index (χ0v) is 20.5. The molecule has 13 heteroatoms. The van der Waals surface area contributed by atoms with Gasteiger partial charge in [-0.1, -0.05) is 30.3 Å². The van der Waals surface area contributed by atoms with Crippen LogP contribution < -0.4 is 16.4 Å². The van der Waals surface area contributed by atoms with Gasteiger partial charge in [-0.2, -0.15) is 13.2 Å². The SMILES string of the molecule is Nc1ncnc2[nH]cc(-c3ccc(CNc4ncc(C(F)(F)F)cc4C(=O)NCc4ccc(F)c(F)c4)cc3)c12. The Kier molecular flexibility index (Phi) is 7.03. The number of amides is 1. The molecule has 0 saturated heterocycles. The number of carbonyl (C=O) groups excluding carboxylic acids is 1. The van der Waals surface area contributed by atoms with Crippen molar-refractivity contribution in [1.82, 2.24) is 25.3 Å². The van der Waals surface area contributed by atoms with Crippen LogP contribution in [0, 0.1) is 11.6 Å². The number of pyridine rings is 1. The number of halogens is 5. The second-order valence-electron chi connectivity index (χ2n) is 8.78. The first-order chi connectivity index (χ1) is 19.1. The molecular formula is C27H20F5N7O. The highest BCUT2D eigenvalue weighted by Crippen LogP contribution is 2.32. The molecule has 0 saturated carbocycles. The number of hydrogen-bond acceptors (Lipinski definition) is 6. The number of benzene rings is 2. The number of nitrogen functional groups attached to an aromatic ring is 1. The van der Waals surface area contributed by atoms with Crippen LogP contribution in [0.3, 0.4) is 0 Å². The van der Waals surface area contributed by atoms with Gasteiger partial charge in [-0.15, -0.1) is 0 Å². The number of anilines is 2. The smallest absolute Gasteiger partial charge is 0.383 e. The number of alkyl halides is 3. The molecule has 0 bridgehead atoms. The number of H-pyrrole nitrogens is 1. The number of rotatable bonds is 7. The van der Waals surface area contributed by atoms with Gasteiger partial charge in [-0.05, 0) is 34.9 Å². The van der Waals surface area contributed by atoms with Crippen molar-refractivity contribution in [1.29, 1.82) is 0 Å². The molecule has 5 aromatic rings. The fraction of sp³-hybridized carbons (Fsp3) is 0.111. The van der Waals surface area contributed by atoms with Gasteiger partial charge in [0, 0.05) is 31.0 Å². The van der Waals surface area contributed by atoms with Crippen LogP contribution in [-0.4, -0.2) is 25.8 Å². The first-order valence-corrected chi connectivity index (χ1v) is 11.8. The van der Waals surface area contributed by atoms with E-state index in [1.165, 1.54) is 12.4 Å². The highest BCUT2D eigenvalue weighted by molar-refractivity contribution is 6.00. The van der Waals surface area contributed by atoms with Crippen LogP contribution in [0.15, 0.2) is 67.3 Å². The minimum atomic E-state index is -4.73. The van der Waals surface area contributed by atoms with Gasteiger partial charge >= 0.3 is 6.18 Å². The zero-order valence-electron chi connectivity index (χ0n) is 20.5. The fourth-order valence-electron chi connectivity index (χ4n) is 4.06. The van der Waals surface area contributed by atoms with E-state index in [-0.39, 0.29) is 30.0 Å². The summed E-state index contributed by atoms with van der Waals surface area (Å²) < 4.78 is 66.7. The van der Waals surface area contributed by atoms with E-state index >= 15 is 0 Å². The van der Waals surface area contributed by atoms with Gasteiger partial charge in [-0.3, -0.25) is 4.79 Å². The van der Waals surface area contributed by atoms with E-state index in [1.807, 2.05) is 12.1 Å². The maximum atomic E-state index is 13.5. The van der Waals surface area contributed by atoms with E-state index in [0.29, 0.717) is 29.1 Å². The topological polar surface area (TPSA) is 122 Å². The molecule has 0 spiro atoms. The van der Waals surface area contributed by atoms with Gasteiger partial charge in [0.05, 0.1) is 16.5 Å². The Morgan fingerprint density at radius 3 is 2.40 bits per heavy atom. The zero-order chi connectivity index (χ0) is 28.4. The van der Waals surface area contributed by atoms with Crippen molar-refractivity contribution in [2.75, 3.05) is 11.1 Å². The van der Waals surface area contributed by atoms with Gasteiger partial charge in [0.25, 0.3) is 5.91 Å². The van der Waals surface area contributed by atoms with Crippen molar-refractivity contribution >= 4 is 28.6 Å². The summed E-state index contributed by atoms with van der Waals surface area (Å²) in [5.41, 5.74) is 7.75. The number of aromatic nitrogens is 4. The molecule has 3 aromatic heterocycles. The summed E-state index contributed by atoms with van der Waals surface area (Å²) in [6.07, 6.45) is -0.978. The van der Waals surface area contributed by atoms with Crippen LogP contribution in [0.2, 0.25) is 0 Å². The average molecular weight is 553 g/mol. The second-order valence-corrected chi connectivity index (χ2v) is 8.78. The van der Waals surface area contributed by atoms with Crippen molar-refractivity contribution < 1.29 is 26.7 Å². The predicted octanol–water partition coefficient (Wildman–Crippen LogP) is 5.44. The number of aromatic amines is 1. The van der Waals surface area contributed by atoms with Gasteiger partial charge in [-0.25, -0.2) is 23.7 Å². The van der Waals surface area contributed by atoms with Crippen molar-refractivity contribution in [3.05, 3.63) is 101 Å². The van der Waals surface area contributed by atoms with Crippen molar-refractivity contribution in [2.45, 2.75) is 19.3 Å². The Balaban J connectivity index is 1.34. The lowest BCUT2D eigenvalue weighted by Gasteiger charge is -2.15. The van der Waals surface area contributed by atoms with Gasteiger partial charge in [0.2, 0.25) is 0 Å². The first-order valence-electron chi connectivity index (χ1n) is 11.8. The Bertz CT molecular complexity index is 1700. The standard InChI is InChI=1S/C27H20F5N7O/c28-20-6-3-15(7-21(20)29)10-37-26(40)18-8-17(27(30,31)32)11-35-24(18)34-9-14-1-4-16(5-2-14)19-12-36-25-22(19)23(33)38-13-39-25/h1-8,11-13H,9-10H2,(H,34,35)(H,37,40)(H3,33,36,38,39). The van der Waals surface area contributed by atoms with Crippen LogP contribution in [0.5, 0.6) is 0 Å². The fourth-order valence-corrected chi connectivity index (χ4v) is 4.06. The Labute approximate surface area is 223 Å². The Morgan fingerprint density at radius 2 is 1.68 bits per heavy atom. The Hall–Kier alpha value is -5.07. The molecule has 5 rings (SSSR count). The molecule has 2 aromatic carbocycles. The van der Waals surface area contributed by atoms with Crippen LogP contribution in [0.25, 0.3) is 22.2 Å². The Morgan fingerprint density at radius 1 is 0.925 bits per heavy atom. The molecule has 0 aliphatic rings. The summed E-state index contributed by atoms with van der Waals surface area (Å²) in [6.45, 7) is -0.0994. The van der Waals surface area contributed by atoms with Crippen molar-refractivity contribution in [3.63, 3.8) is 0 Å². The van der Waals surface area contributed by atoms with Crippen LogP contribution in [0.4, 0.5) is 33.6 Å². The van der Waals surface area contributed by atoms with E-state index in [2.05, 4.69) is 30.6 Å². The number of nitrogens with two attached hydrogens (primary N) is 1. The summed E-state index contributed by atoms with van der Waals surface area (Å²) in [5.74, 6) is -2.80. The molecule has 8 nitrogen and oxygen atoms in total. The molecule has 40 heavy (non-hydrogen) atoms. The third kappa shape index (κ3) is 5.53. The molecule has 3 heterocycles. The van der Waals surface area contributed by atoms with Gasteiger partial charge in [0.1, 0.15) is 23.6 Å². The monoisotopic (exact) mass is 553 g/mol. The van der Waals surface area contributed by atoms with Gasteiger partial charge in [0.15, 0.2) is 11.6 Å². The van der Waals surface area contributed by atoms with E-state index < -0.39 is 29.3 Å². The molecular weight excluding hydrogens is 533 g/mol. The summed E-state index contributed by atoms with van der Waals surface area (Å²) >= 11 is 0. The van der Waals surface area contributed by atoms with Crippen LogP contribution >= 0.6 is 0 Å². The van der Waals surface area contributed by atoms with Crippen LogP contribution in [0.1, 0.15) is 27.0 Å². The molecule has 204 valence electrons. The van der Waals surface area contributed by atoms with E-state index in [0.717, 1.165) is 28.8 Å². The number of fused-ring (bicyclic) bond motifs is 1. The molecule has 5 N–H and O–H groups in total. The summed E-state index contributed by atoms with van der Waals surface area (Å²) in [7, 11) is 0. The largest absolute Gasteiger partial charge is 0.417 e. The lowest BCUT2D eigenvalue weighted by atomic mass is 10.0. The maximum absolute atomic E-state index is 13.5. The molecule has 0 atom stereocenters. The highest BCUT2D eigenvalue weighted by Gasteiger charge is 2.32. The van der Waals surface area contributed by atoms with Gasteiger partial charge < -0.3 is 21.4 Å². The molecule has 0 radical (unpaired) electrons. The summed E-state index contributed by atoms with van der Waals surface area (Å²) in [6, 6.07) is 11.0. The minimum Gasteiger partial charge on any atom is -0.383 e. The van der Waals surface area contributed by atoms with Crippen LogP contribution in [-0.2, 0) is 19.3 Å². The molecule has 0 aliphatic heterocycles. The third-order valence-electron chi connectivity index (χ3n) is 6.12. The predicted molar refractivity (Wildman–Crippen MR) is 138 cm³/mol. The number of nitrogens with one attached hydrogen (secondary N) is 3. The second kappa shape index (κ2) is 10.6. The number of nitrogens with zero attached hydrogens (tertiary/aromatic N) is 3. The van der Waals surface area contributed by atoms with E-state index in [1.54, 1.807) is 18.3 Å². The first kappa shape index (κ1) is 26.5. The lowest BCUT2D eigenvalue weighted by Crippen LogP contribution is -2.25.